The molecule has 9 heteroatoms. The predicted molar refractivity (Wildman–Crippen MR) is 134 cm³/mol. The molecule has 0 atom stereocenters. The summed E-state index contributed by atoms with van der Waals surface area (Å²) < 4.78 is 0. The van der Waals surface area contributed by atoms with Crippen LogP contribution in [0.15, 0.2) is 91.8 Å². The van der Waals surface area contributed by atoms with Crippen LogP contribution in [0.5, 0.6) is 0 Å². The average molecular weight is 494 g/mol. The van der Waals surface area contributed by atoms with Crippen LogP contribution in [0.3, 0.4) is 0 Å². The summed E-state index contributed by atoms with van der Waals surface area (Å²) in [5.41, 5.74) is 2.20. The van der Waals surface area contributed by atoms with Gasteiger partial charge in [-0.05, 0) is 54.6 Å². The number of aromatic nitrogens is 6. The van der Waals surface area contributed by atoms with Crippen LogP contribution in [0.1, 0.15) is 0 Å². The van der Waals surface area contributed by atoms with Crippen LogP contribution in [0.25, 0.3) is 33.1 Å². The van der Waals surface area contributed by atoms with Crippen molar-refractivity contribution in [1.82, 2.24) is 29.9 Å². The number of rotatable bonds is 0. The molecule has 0 N–H and O–H groups in total. The van der Waals surface area contributed by atoms with Crippen LogP contribution in [0.2, 0.25) is 15.1 Å². The molecule has 0 aliphatic carbocycles. The summed E-state index contributed by atoms with van der Waals surface area (Å²) in [6, 6.07) is 16.9. The van der Waals surface area contributed by atoms with Gasteiger partial charge in [-0.2, -0.15) is 0 Å². The van der Waals surface area contributed by atoms with Crippen molar-refractivity contribution < 1.29 is 0 Å². The number of fused-ring (bicyclic) bond motifs is 3. The Hall–Kier alpha value is -3.45. The lowest BCUT2D eigenvalue weighted by Crippen LogP contribution is -1.80. The third kappa shape index (κ3) is 6.29. The molecule has 0 radical (unpaired) electrons. The lowest BCUT2D eigenvalue weighted by atomic mass is 10.3. The SMILES string of the molecule is Clc1cnc2ncccc2c1.Clc1cnc2ncccc2c1.Clc1cnc2ncccc2c1. The van der Waals surface area contributed by atoms with Crippen molar-refractivity contribution in [2.24, 2.45) is 0 Å². The normalized spacial score (nSPS) is 10.3. The van der Waals surface area contributed by atoms with Gasteiger partial charge in [0.1, 0.15) is 0 Å². The first kappa shape index (κ1) is 22.7. The van der Waals surface area contributed by atoms with Gasteiger partial charge >= 0.3 is 0 Å². The Morgan fingerprint density at radius 2 is 0.727 bits per heavy atom. The molecule has 0 bridgehead atoms. The lowest BCUT2D eigenvalue weighted by molar-refractivity contribution is 1.29. The Kier molecular flexibility index (Phi) is 7.52. The van der Waals surface area contributed by atoms with Crippen molar-refractivity contribution in [2.75, 3.05) is 0 Å². The highest BCUT2D eigenvalue weighted by molar-refractivity contribution is 6.31. The molecule has 0 amide bonds. The van der Waals surface area contributed by atoms with E-state index < -0.39 is 0 Å². The summed E-state index contributed by atoms with van der Waals surface area (Å²) in [6.45, 7) is 0. The van der Waals surface area contributed by atoms with Crippen molar-refractivity contribution in [3.63, 3.8) is 0 Å². The Balaban J connectivity index is 0.000000118. The number of hydrogen-bond donors (Lipinski definition) is 0. The molecule has 6 rings (SSSR count). The Morgan fingerprint density at radius 3 is 1.03 bits per heavy atom. The Bertz CT molecular complexity index is 1340. The quantitative estimate of drug-likeness (QED) is 0.230. The van der Waals surface area contributed by atoms with Crippen molar-refractivity contribution in [2.45, 2.75) is 0 Å². The van der Waals surface area contributed by atoms with Crippen LogP contribution in [-0.4, -0.2) is 29.9 Å². The highest BCUT2D eigenvalue weighted by atomic mass is 35.5. The molecule has 6 aromatic heterocycles. The molecule has 0 aromatic carbocycles. The van der Waals surface area contributed by atoms with Crippen LogP contribution >= 0.6 is 34.8 Å². The van der Waals surface area contributed by atoms with Crippen LogP contribution in [0, 0.1) is 0 Å². The minimum atomic E-state index is 0.644. The lowest BCUT2D eigenvalue weighted by Gasteiger charge is -1.93. The smallest absolute Gasteiger partial charge is 0.159 e. The van der Waals surface area contributed by atoms with E-state index in [-0.39, 0.29) is 0 Å². The second kappa shape index (κ2) is 10.9. The molecule has 162 valence electrons. The monoisotopic (exact) mass is 492 g/mol. The zero-order valence-corrected chi connectivity index (χ0v) is 19.2. The third-order valence-corrected chi connectivity index (χ3v) is 4.88. The van der Waals surface area contributed by atoms with E-state index in [1.165, 1.54) is 0 Å². The summed E-state index contributed by atoms with van der Waals surface area (Å²) in [4.78, 5) is 24.3. The molecule has 6 aromatic rings. The van der Waals surface area contributed by atoms with Gasteiger partial charge in [-0.3, -0.25) is 0 Å². The number of halogens is 3. The van der Waals surface area contributed by atoms with Gasteiger partial charge in [-0.1, -0.05) is 34.8 Å². The Morgan fingerprint density at radius 1 is 0.424 bits per heavy atom. The summed E-state index contributed by atoms with van der Waals surface area (Å²) in [7, 11) is 0. The molecule has 6 nitrogen and oxygen atoms in total. The van der Waals surface area contributed by atoms with Crippen molar-refractivity contribution in [3.05, 3.63) is 107 Å². The van der Waals surface area contributed by atoms with Gasteiger partial charge in [0, 0.05) is 53.3 Å². The van der Waals surface area contributed by atoms with E-state index in [0.29, 0.717) is 15.1 Å². The molecule has 0 saturated heterocycles. The summed E-state index contributed by atoms with van der Waals surface area (Å²) in [5.74, 6) is 0. The van der Waals surface area contributed by atoms with Gasteiger partial charge in [-0.15, -0.1) is 0 Å². The maximum absolute atomic E-state index is 5.73. The van der Waals surface area contributed by atoms with Gasteiger partial charge in [0.05, 0.1) is 15.1 Å². The van der Waals surface area contributed by atoms with Gasteiger partial charge in [0.2, 0.25) is 0 Å². The average Bonchev–Trinajstić information content (AvgIpc) is 2.84. The molecule has 0 fully saturated rings. The van der Waals surface area contributed by atoms with Gasteiger partial charge in [0.15, 0.2) is 16.9 Å². The molecule has 0 saturated carbocycles. The largest absolute Gasteiger partial charge is 0.237 e. The topological polar surface area (TPSA) is 77.3 Å². The van der Waals surface area contributed by atoms with Crippen molar-refractivity contribution in [1.29, 1.82) is 0 Å². The van der Waals surface area contributed by atoms with E-state index in [9.17, 15) is 0 Å². The number of hydrogen-bond acceptors (Lipinski definition) is 6. The van der Waals surface area contributed by atoms with Crippen molar-refractivity contribution in [3.8, 4) is 0 Å². The van der Waals surface area contributed by atoms with E-state index in [2.05, 4.69) is 29.9 Å². The highest BCUT2D eigenvalue weighted by Crippen LogP contribution is 2.15. The fraction of sp³-hybridized carbons (Fsp3) is 0. The zero-order chi connectivity index (χ0) is 23.0. The van der Waals surface area contributed by atoms with Crippen LogP contribution < -0.4 is 0 Å². The number of pyridine rings is 6. The van der Waals surface area contributed by atoms with E-state index in [1.807, 2.05) is 54.6 Å². The standard InChI is InChI=1S/3C8H5ClN2/c3*9-7-4-6-2-1-3-10-8(6)11-5-7/h3*1-5H. The maximum Gasteiger partial charge on any atom is 0.159 e. The zero-order valence-electron chi connectivity index (χ0n) is 17.0. The third-order valence-electron chi connectivity index (χ3n) is 4.26. The number of nitrogens with zero attached hydrogens (tertiary/aromatic N) is 6. The molecule has 0 unspecified atom stereocenters. The molecule has 0 spiro atoms. The second-order valence-corrected chi connectivity index (χ2v) is 7.92. The minimum absolute atomic E-state index is 0.644. The van der Waals surface area contributed by atoms with Crippen LogP contribution in [0.4, 0.5) is 0 Å². The van der Waals surface area contributed by atoms with Crippen molar-refractivity contribution >= 4 is 67.9 Å². The van der Waals surface area contributed by atoms with Gasteiger partial charge in [-0.25, -0.2) is 29.9 Å². The molecule has 0 aliphatic rings. The fourth-order valence-corrected chi connectivity index (χ4v) is 3.31. The van der Waals surface area contributed by atoms with E-state index in [4.69, 9.17) is 34.8 Å². The van der Waals surface area contributed by atoms with Gasteiger partial charge < -0.3 is 0 Å². The predicted octanol–water partition coefficient (Wildman–Crippen LogP) is 6.85. The Labute approximate surface area is 204 Å². The summed E-state index contributed by atoms with van der Waals surface area (Å²) in [5, 5.41) is 4.85. The summed E-state index contributed by atoms with van der Waals surface area (Å²) in [6.07, 6.45) is 9.92. The van der Waals surface area contributed by atoms with E-state index in [1.54, 1.807) is 37.2 Å². The maximum atomic E-state index is 5.73. The first-order chi connectivity index (χ1) is 16.1. The van der Waals surface area contributed by atoms with Gasteiger partial charge in [0.25, 0.3) is 0 Å². The first-order valence-corrected chi connectivity index (χ1v) is 10.8. The van der Waals surface area contributed by atoms with E-state index in [0.717, 1.165) is 33.1 Å². The van der Waals surface area contributed by atoms with E-state index >= 15 is 0 Å². The van der Waals surface area contributed by atoms with Crippen LogP contribution in [-0.2, 0) is 0 Å². The molecule has 33 heavy (non-hydrogen) atoms. The summed E-state index contributed by atoms with van der Waals surface area (Å²) >= 11 is 17.2. The molecular weight excluding hydrogens is 479 g/mol. The molecule has 0 aliphatic heterocycles. The first-order valence-electron chi connectivity index (χ1n) is 9.67. The fourth-order valence-electron chi connectivity index (χ4n) is 2.82. The second-order valence-electron chi connectivity index (χ2n) is 6.61. The highest BCUT2D eigenvalue weighted by Gasteiger charge is 1.95. The minimum Gasteiger partial charge on any atom is -0.237 e. The molecular formula is C24H15Cl3N6. The molecule has 6 heterocycles.